The lowest BCUT2D eigenvalue weighted by molar-refractivity contribution is 0.0584. The predicted octanol–water partition coefficient (Wildman–Crippen LogP) is 2.42. The van der Waals surface area contributed by atoms with Gasteiger partial charge in [-0.05, 0) is 50.8 Å². The number of aromatic nitrogens is 2. The number of H-pyrrole nitrogens is 1. The van der Waals surface area contributed by atoms with E-state index in [0.717, 1.165) is 44.7 Å². The summed E-state index contributed by atoms with van der Waals surface area (Å²) >= 11 is 0. The first kappa shape index (κ1) is 17.3. The topological polar surface area (TPSA) is 64.3 Å². The lowest BCUT2D eigenvalue weighted by Gasteiger charge is -2.45. The van der Waals surface area contributed by atoms with Gasteiger partial charge in [0.1, 0.15) is 0 Å². The molecule has 0 saturated carbocycles. The van der Waals surface area contributed by atoms with Crippen molar-refractivity contribution in [2.45, 2.75) is 51.5 Å². The van der Waals surface area contributed by atoms with E-state index in [1.807, 2.05) is 11.0 Å². The Hall–Kier alpha value is -1.56. The zero-order valence-corrected chi connectivity index (χ0v) is 15.2. The molecule has 2 saturated heterocycles. The molecule has 0 bridgehead atoms. The molecule has 2 aliphatic heterocycles. The number of hydrogen-bond acceptors (Lipinski definition) is 3. The monoisotopic (exact) mass is 333 g/mol. The van der Waals surface area contributed by atoms with E-state index in [-0.39, 0.29) is 11.4 Å². The van der Waals surface area contributed by atoms with Crippen molar-refractivity contribution in [2.24, 2.45) is 5.41 Å². The smallest absolute Gasteiger partial charge is 0.317 e. The van der Waals surface area contributed by atoms with Gasteiger partial charge in [0.15, 0.2) is 0 Å². The van der Waals surface area contributed by atoms with Crippen molar-refractivity contribution >= 4 is 6.03 Å². The number of likely N-dealkylation sites (N-methyl/N-ethyl adjacent to an activating group) is 1. The molecule has 2 N–H and O–H groups in total. The summed E-state index contributed by atoms with van der Waals surface area (Å²) in [6, 6.07) is 2.50. The minimum Gasteiger partial charge on any atom is -0.336 e. The molecule has 2 amide bonds. The molecule has 0 aliphatic carbocycles. The number of carbonyl (C=O) groups is 1. The SMILES string of the molecule is CN1CCCC(C)(C)[C@H]1CNC(=O)N1CCC[C@@H](c2ccn[nH]2)C1. The first-order valence-electron chi connectivity index (χ1n) is 9.19. The van der Waals surface area contributed by atoms with Crippen molar-refractivity contribution in [1.29, 1.82) is 0 Å². The normalized spacial score (nSPS) is 27.9. The molecule has 2 fully saturated rings. The van der Waals surface area contributed by atoms with Gasteiger partial charge >= 0.3 is 6.03 Å². The molecule has 0 unspecified atom stereocenters. The third-order valence-corrected chi connectivity index (χ3v) is 5.88. The Bertz CT molecular complexity index is 542. The highest BCUT2D eigenvalue weighted by atomic mass is 16.2. The van der Waals surface area contributed by atoms with Crippen LogP contribution in [0.15, 0.2) is 12.3 Å². The Labute approximate surface area is 145 Å². The second kappa shape index (κ2) is 7.13. The Morgan fingerprint density at radius 2 is 2.25 bits per heavy atom. The summed E-state index contributed by atoms with van der Waals surface area (Å²) in [6.07, 6.45) is 6.42. The number of nitrogens with one attached hydrogen (secondary N) is 2. The number of likely N-dealkylation sites (tertiary alicyclic amines) is 2. The fraction of sp³-hybridized carbons (Fsp3) is 0.778. The molecule has 6 nitrogen and oxygen atoms in total. The minimum atomic E-state index is 0.0778. The van der Waals surface area contributed by atoms with E-state index in [1.54, 1.807) is 6.20 Å². The Morgan fingerprint density at radius 1 is 1.42 bits per heavy atom. The zero-order chi connectivity index (χ0) is 17.2. The molecular weight excluding hydrogens is 302 g/mol. The van der Waals surface area contributed by atoms with Gasteiger partial charge in [0.25, 0.3) is 0 Å². The quantitative estimate of drug-likeness (QED) is 0.893. The van der Waals surface area contributed by atoms with Crippen LogP contribution in [0.4, 0.5) is 4.79 Å². The van der Waals surface area contributed by atoms with Crippen molar-refractivity contribution in [3.8, 4) is 0 Å². The van der Waals surface area contributed by atoms with E-state index in [2.05, 4.69) is 41.3 Å². The third kappa shape index (κ3) is 3.74. The molecule has 2 aliphatic rings. The van der Waals surface area contributed by atoms with Crippen molar-refractivity contribution in [2.75, 3.05) is 33.2 Å². The minimum absolute atomic E-state index is 0.0778. The number of amides is 2. The van der Waals surface area contributed by atoms with Crippen molar-refractivity contribution in [3.05, 3.63) is 18.0 Å². The van der Waals surface area contributed by atoms with Crippen LogP contribution in [-0.2, 0) is 0 Å². The molecule has 1 aromatic heterocycles. The number of urea groups is 1. The van der Waals surface area contributed by atoms with Crippen LogP contribution in [0.2, 0.25) is 0 Å². The van der Waals surface area contributed by atoms with Crippen LogP contribution in [0.25, 0.3) is 0 Å². The Morgan fingerprint density at radius 3 is 2.96 bits per heavy atom. The van der Waals surface area contributed by atoms with Crippen LogP contribution >= 0.6 is 0 Å². The highest BCUT2D eigenvalue weighted by Crippen LogP contribution is 2.34. The average Bonchev–Trinajstić information content (AvgIpc) is 3.08. The number of nitrogens with zero attached hydrogens (tertiary/aromatic N) is 3. The number of hydrogen-bond donors (Lipinski definition) is 2. The number of carbonyl (C=O) groups excluding carboxylic acids is 1. The summed E-state index contributed by atoms with van der Waals surface area (Å²) in [4.78, 5) is 17.0. The van der Waals surface area contributed by atoms with Crippen molar-refractivity contribution in [3.63, 3.8) is 0 Å². The van der Waals surface area contributed by atoms with Gasteiger partial charge < -0.3 is 15.1 Å². The van der Waals surface area contributed by atoms with E-state index in [9.17, 15) is 4.79 Å². The molecule has 24 heavy (non-hydrogen) atoms. The van der Waals surface area contributed by atoms with E-state index < -0.39 is 0 Å². The van der Waals surface area contributed by atoms with Crippen LogP contribution in [0, 0.1) is 5.41 Å². The second-order valence-electron chi connectivity index (χ2n) is 8.07. The molecule has 2 atom stereocenters. The van der Waals surface area contributed by atoms with Crippen molar-refractivity contribution in [1.82, 2.24) is 25.3 Å². The van der Waals surface area contributed by atoms with Crippen LogP contribution in [-0.4, -0.2) is 65.3 Å². The molecule has 0 aromatic carbocycles. The highest BCUT2D eigenvalue weighted by molar-refractivity contribution is 5.74. The molecule has 134 valence electrons. The number of piperidine rings is 2. The van der Waals surface area contributed by atoms with Gasteiger partial charge in [0, 0.05) is 43.5 Å². The van der Waals surface area contributed by atoms with Crippen LogP contribution in [0.1, 0.15) is 51.1 Å². The number of aromatic amines is 1. The maximum atomic E-state index is 12.6. The van der Waals surface area contributed by atoms with Crippen LogP contribution in [0.5, 0.6) is 0 Å². The molecule has 0 spiro atoms. The van der Waals surface area contributed by atoms with Gasteiger partial charge in [-0.2, -0.15) is 5.10 Å². The summed E-state index contributed by atoms with van der Waals surface area (Å²) in [6.45, 7) is 8.10. The fourth-order valence-corrected chi connectivity index (χ4v) is 4.34. The summed E-state index contributed by atoms with van der Waals surface area (Å²) < 4.78 is 0. The predicted molar refractivity (Wildman–Crippen MR) is 95.0 cm³/mol. The van der Waals surface area contributed by atoms with Gasteiger partial charge in [-0.1, -0.05) is 13.8 Å². The standard InChI is InChI=1S/C18H31N5O/c1-18(2)8-5-10-22(3)16(18)12-19-17(24)23-11-4-6-14(13-23)15-7-9-20-21-15/h7,9,14,16H,4-6,8,10-13H2,1-3H3,(H,19,24)(H,20,21)/t14-,16-/m1/s1. The lowest BCUT2D eigenvalue weighted by Crippen LogP contribution is -2.55. The molecule has 3 rings (SSSR count). The van der Waals surface area contributed by atoms with Crippen LogP contribution < -0.4 is 5.32 Å². The summed E-state index contributed by atoms with van der Waals surface area (Å²) in [7, 11) is 2.17. The fourth-order valence-electron chi connectivity index (χ4n) is 4.34. The van der Waals surface area contributed by atoms with Gasteiger partial charge in [0.05, 0.1) is 0 Å². The van der Waals surface area contributed by atoms with E-state index in [0.29, 0.717) is 12.0 Å². The zero-order valence-electron chi connectivity index (χ0n) is 15.2. The molecule has 6 heteroatoms. The number of rotatable bonds is 3. The average molecular weight is 333 g/mol. The first-order valence-corrected chi connectivity index (χ1v) is 9.19. The second-order valence-corrected chi connectivity index (χ2v) is 8.07. The molecular formula is C18H31N5O. The van der Waals surface area contributed by atoms with Gasteiger partial charge in [0.2, 0.25) is 0 Å². The highest BCUT2D eigenvalue weighted by Gasteiger charge is 2.36. The first-order chi connectivity index (χ1) is 11.5. The summed E-state index contributed by atoms with van der Waals surface area (Å²) in [5, 5.41) is 10.3. The van der Waals surface area contributed by atoms with E-state index in [1.165, 1.54) is 12.8 Å². The van der Waals surface area contributed by atoms with E-state index in [4.69, 9.17) is 0 Å². The Balaban J connectivity index is 1.54. The largest absolute Gasteiger partial charge is 0.336 e. The van der Waals surface area contributed by atoms with Crippen LogP contribution in [0.3, 0.4) is 0 Å². The lowest BCUT2D eigenvalue weighted by atomic mass is 9.76. The van der Waals surface area contributed by atoms with Crippen molar-refractivity contribution < 1.29 is 4.79 Å². The summed E-state index contributed by atoms with van der Waals surface area (Å²) in [5.41, 5.74) is 1.39. The maximum absolute atomic E-state index is 12.6. The van der Waals surface area contributed by atoms with Gasteiger partial charge in [-0.3, -0.25) is 5.10 Å². The Kier molecular flexibility index (Phi) is 5.13. The third-order valence-electron chi connectivity index (χ3n) is 5.88. The maximum Gasteiger partial charge on any atom is 0.317 e. The summed E-state index contributed by atoms with van der Waals surface area (Å²) in [5.74, 6) is 0.376. The molecule has 3 heterocycles. The molecule has 1 aromatic rings. The van der Waals surface area contributed by atoms with E-state index >= 15 is 0 Å². The van der Waals surface area contributed by atoms with Gasteiger partial charge in [-0.25, -0.2) is 4.79 Å². The molecule has 0 radical (unpaired) electrons. The van der Waals surface area contributed by atoms with Gasteiger partial charge in [-0.15, -0.1) is 0 Å².